The SMILES string of the molecule is NNC(=O)Cn1nnc(CN2C(=O)c3ccccc3C2=O)n1. The van der Waals surface area contributed by atoms with Gasteiger partial charge in [0.15, 0.2) is 5.82 Å². The first-order chi connectivity index (χ1) is 10.6. The molecule has 0 saturated carbocycles. The number of nitrogens with zero attached hydrogens (tertiary/aromatic N) is 5. The number of carbonyl (C=O) groups excluding carboxylic acids is 3. The number of rotatable bonds is 4. The van der Waals surface area contributed by atoms with E-state index in [1.807, 2.05) is 5.43 Å². The number of nitrogens with two attached hydrogens (primary N) is 1. The Morgan fingerprint density at radius 3 is 2.41 bits per heavy atom. The van der Waals surface area contributed by atoms with Gasteiger partial charge >= 0.3 is 0 Å². The van der Waals surface area contributed by atoms with Crippen LogP contribution in [-0.2, 0) is 17.9 Å². The van der Waals surface area contributed by atoms with Gasteiger partial charge in [0.05, 0.1) is 17.7 Å². The lowest BCUT2D eigenvalue weighted by Crippen LogP contribution is -2.34. The summed E-state index contributed by atoms with van der Waals surface area (Å²) < 4.78 is 0. The number of amides is 3. The third kappa shape index (κ3) is 2.31. The Bertz CT molecular complexity index is 735. The summed E-state index contributed by atoms with van der Waals surface area (Å²) in [4.78, 5) is 37.5. The molecule has 2 heterocycles. The first-order valence-electron chi connectivity index (χ1n) is 6.31. The van der Waals surface area contributed by atoms with Gasteiger partial charge in [-0.1, -0.05) is 12.1 Å². The van der Waals surface area contributed by atoms with Crippen molar-refractivity contribution in [3.63, 3.8) is 0 Å². The molecule has 1 aromatic carbocycles. The van der Waals surface area contributed by atoms with Gasteiger partial charge in [0, 0.05) is 0 Å². The van der Waals surface area contributed by atoms with Gasteiger partial charge in [-0.05, 0) is 17.3 Å². The van der Waals surface area contributed by atoms with Gasteiger partial charge in [0.1, 0.15) is 6.54 Å². The standard InChI is InChI=1S/C12H11N7O3/c13-14-10(20)6-19-16-9(15-17-19)5-18-11(21)7-3-1-2-4-8(7)12(18)22/h1-4H,5-6,13H2,(H,14,20). The lowest BCUT2D eigenvalue weighted by atomic mass is 10.1. The molecule has 3 N–H and O–H groups in total. The van der Waals surface area contributed by atoms with Crippen LogP contribution in [0.3, 0.4) is 0 Å². The lowest BCUT2D eigenvalue weighted by Gasteiger charge is -2.10. The quantitative estimate of drug-likeness (QED) is 0.302. The zero-order valence-electron chi connectivity index (χ0n) is 11.3. The predicted octanol–water partition coefficient (Wildman–Crippen LogP) is -1.54. The molecule has 22 heavy (non-hydrogen) atoms. The fourth-order valence-electron chi connectivity index (χ4n) is 2.10. The molecule has 0 bridgehead atoms. The summed E-state index contributed by atoms with van der Waals surface area (Å²) in [5.41, 5.74) is 2.63. The van der Waals surface area contributed by atoms with Crippen LogP contribution in [0.2, 0.25) is 0 Å². The minimum Gasteiger partial charge on any atom is -0.293 e. The van der Waals surface area contributed by atoms with Crippen LogP contribution < -0.4 is 11.3 Å². The first kappa shape index (κ1) is 13.8. The molecule has 3 amide bonds. The molecule has 10 heteroatoms. The average molecular weight is 301 g/mol. The summed E-state index contributed by atoms with van der Waals surface area (Å²) in [6, 6.07) is 6.55. The fourth-order valence-corrected chi connectivity index (χ4v) is 2.10. The van der Waals surface area contributed by atoms with Gasteiger partial charge < -0.3 is 0 Å². The summed E-state index contributed by atoms with van der Waals surface area (Å²) >= 11 is 0. The van der Waals surface area contributed by atoms with E-state index in [0.717, 1.165) is 9.70 Å². The Balaban J connectivity index is 1.76. The number of nitrogens with one attached hydrogen (secondary N) is 1. The second-order valence-electron chi connectivity index (χ2n) is 4.55. The molecule has 112 valence electrons. The molecule has 0 fully saturated rings. The molecule has 0 atom stereocenters. The van der Waals surface area contributed by atoms with Crippen LogP contribution in [0.1, 0.15) is 26.5 Å². The number of hydrogen-bond donors (Lipinski definition) is 2. The molecule has 0 unspecified atom stereocenters. The molecule has 3 rings (SSSR count). The maximum atomic E-state index is 12.2. The highest BCUT2D eigenvalue weighted by molar-refractivity contribution is 6.21. The fraction of sp³-hybridized carbons (Fsp3) is 0.167. The van der Waals surface area contributed by atoms with Crippen LogP contribution >= 0.6 is 0 Å². The zero-order chi connectivity index (χ0) is 15.7. The van der Waals surface area contributed by atoms with E-state index in [-0.39, 0.29) is 18.9 Å². The van der Waals surface area contributed by atoms with E-state index in [1.54, 1.807) is 24.3 Å². The van der Waals surface area contributed by atoms with Crippen LogP contribution in [0.4, 0.5) is 0 Å². The van der Waals surface area contributed by atoms with Crippen LogP contribution in [0.15, 0.2) is 24.3 Å². The van der Waals surface area contributed by atoms with Gasteiger partial charge in [-0.2, -0.15) is 4.80 Å². The molecule has 0 aliphatic carbocycles. The van der Waals surface area contributed by atoms with E-state index < -0.39 is 17.7 Å². The van der Waals surface area contributed by atoms with Crippen molar-refractivity contribution in [1.29, 1.82) is 0 Å². The maximum Gasteiger partial charge on any atom is 0.261 e. The third-order valence-electron chi connectivity index (χ3n) is 3.12. The number of benzene rings is 1. The molecular weight excluding hydrogens is 290 g/mol. The summed E-state index contributed by atoms with van der Waals surface area (Å²) in [6.07, 6.45) is 0. The molecular formula is C12H11N7O3. The smallest absolute Gasteiger partial charge is 0.261 e. The van der Waals surface area contributed by atoms with Crippen LogP contribution in [0.5, 0.6) is 0 Å². The Hall–Kier alpha value is -3.14. The van der Waals surface area contributed by atoms with E-state index >= 15 is 0 Å². The van der Waals surface area contributed by atoms with Crippen molar-refractivity contribution in [2.75, 3.05) is 0 Å². The van der Waals surface area contributed by atoms with E-state index in [0.29, 0.717) is 11.1 Å². The number of hydrogen-bond acceptors (Lipinski definition) is 7. The van der Waals surface area contributed by atoms with Crippen molar-refractivity contribution in [3.05, 3.63) is 41.2 Å². The van der Waals surface area contributed by atoms with Crippen LogP contribution in [0.25, 0.3) is 0 Å². The monoisotopic (exact) mass is 301 g/mol. The molecule has 1 aliphatic rings. The average Bonchev–Trinajstić information content (AvgIpc) is 3.06. The Morgan fingerprint density at radius 1 is 1.18 bits per heavy atom. The number of carbonyl (C=O) groups is 3. The van der Waals surface area contributed by atoms with Gasteiger partial charge in [0.25, 0.3) is 17.7 Å². The normalized spacial score (nSPS) is 13.4. The molecule has 1 aliphatic heterocycles. The van der Waals surface area contributed by atoms with Crippen molar-refractivity contribution in [3.8, 4) is 0 Å². The third-order valence-corrected chi connectivity index (χ3v) is 3.12. The summed E-state index contributed by atoms with van der Waals surface area (Å²) in [5, 5.41) is 11.3. The van der Waals surface area contributed by atoms with Gasteiger partial charge in [-0.3, -0.25) is 24.7 Å². The van der Waals surface area contributed by atoms with Crippen molar-refractivity contribution < 1.29 is 14.4 Å². The van der Waals surface area contributed by atoms with E-state index in [2.05, 4.69) is 15.4 Å². The molecule has 0 radical (unpaired) electrons. The zero-order valence-corrected chi connectivity index (χ0v) is 11.3. The Labute approximate surface area is 123 Å². The highest BCUT2D eigenvalue weighted by atomic mass is 16.2. The summed E-state index contributed by atoms with van der Waals surface area (Å²) in [7, 11) is 0. The van der Waals surface area contributed by atoms with Gasteiger partial charge in [0.2, 0.25) is 0 Å². The lowest BCUT2D eigenvalue weighted by molar-refractivity contribution is -0.122. The van der Waals surface area contributed by atoms with Crippen molar-refractivity contribution in [2.45, 2.75) is 13.1 Å². The minimum absolute atomic E-state index is 0.114. The maximum absolute atomic E-state index is 12.2. The van der Waals surface area contributed by atoms with Crippen molar-refractivity contribution in [2.24, 2.45) is 5.84 Å². The Morgan fingerprint density at radius 2 is 1.82 bits per heavy atom. The predicted molar refractivity (Wildman–Crippen MR) is 70.8 cm³/mol. The molecule has 0 saturated heterocycles. The topological polar surface area (TPSA) is 136 Å². The number of tetrazole rings is 1. The Kier molecular flexibility index (Phi) is 3.35. The summed E-state index contributed by atoms with van der Waals surface area (Å²) in [5.74, 6) is 3.80. The highest BCUT2D eigenvalue weighted by Crippen LogP contribution is 2.23. The number of aromatic nitrogens is 4. The van der Waals surface area contributed by atoms with E-state index in [4.69, 9.17) is 5.84 Å². The highest BCUT2D eigenvalue weighted by Gasteiger charge is 2.35. The number of hydrazine groups is 1. The number of imide groups is 1. The van der Waals surface area contributed by atoms with Gasteiger partial charge in [-0.15, -0.1) is 10.2 Å². The molecule has 2 aromatic rings. The largest absolute Gasteiger partial charge is 0.293 e. The van der Waals surface area contributed by atoms with Crippen LogP contribution in [-0.4, -0.2) is 42.8 Å². The van der Waals surface area contributed by atoms with Gasteiger partial charge in [-0.25, -0.2) is 5.84 Å². The van der Waals surface area contributed by atoms with Crippen LogP contribution in [0, 0.1) is 0 Å². The number of fused-ring (bicyclic) bond motifs is 1. The minimum atomic E-state index is -0.496. The molecule has 0 spiro atoms. The summed E-state index contributed by atoms with van der Waals surface area (Å²) in [6.45, 7) is -0.317. The molecule has 1 aromatic heterocycles. The molecule has 10 nitrogen and oxygen atoms in total. The second-order valence-corrected chi connectivity index (χ2v) is 4.55. The van der Waals surface area contributed by atoms with E-state index in [9.17, 15) is 14.4 Å². The second kappa shape index (κ2) is 5.33. The van der Waals surface area contributed by atoms with Crippen molar-refractivity contribution >= 4 is 17.7 Å². The first-order valence-corrected chi connectivity index (χ1v) is 6.31. The van der Waals surface area contributed by atoms with Crippen molar-refractivity contribution in [1.82, 2.24) is 30.5 Å². The van der Waals surface area contributed by atoms with E-state index in [1.165, 1.54) is 0 Å².